The fourth-order valence-electron chi connectivity index (χ4n) is 2.11. The average Bonchev–Trinajstić information content (AvgIpc) is 2.94. The predicted molar refractivity (Wildman–Crippen MR) is 62.8 cm³/mol. The van der Waals surface area contributed by atoms with Crippen molar-refractivity contribution in [2.45, 2.75) is 25.4 Å². The predicted octanol–water partition coefficient (Wildman–Crippen LogP) is 0.179. The number of hydrogen-bond donors (Lipinski definition) is 2. The summed E-state index contributed by atoms with van der Waals surface area (Å²) in [7, 11) is 1.80. The van der Waals surface area contributed by atoms with Crippen molar-refractivity contribution in [3.63, 3.8) is 0 Å². The van der Waals surface area contributed by atoms with Crippen LogP contribution in [0.1, 0.15) is 18.4 Å². The summed E-state index contributed by atoms with van der Waals surface area (Å²) in [4.78, 5) is 24.2. The maximum atomic E-state index is 11.9. The van der Waals surface area contributed by atoms with Crippen LogP contribution in [0.2, 0.25) is 0 Å². The number of nitrogens with zero attached hydrogens (tertiary/aromatic N) is 3. The molecule has 0 radical (unpaired) electrons. The van der Waals surface area contributed by atoms with E-state index in [9.17, 15) is 9.59 Å². The lowest BCUT2D eigenvalue weighted by Gasteiger charge is -2.21. The van der Waals surface area contributed by atoms with Gasteiger partial charge in [0.15, 0.2) is 0 Å². The van der Waals surface area contributed by atoms with Crippen LogP contribution in [0.5, 0.6) is 0 Å². The van der Waals surface area contributed by atoms with Gasteiger partial charge in [0.05, 0.1) is 6.20 Å². The van der Waals surface area contributed by atoms with Crippen LogP contribution in [0.4, 0.5) is 4.79 Å². The van der Waals surface area contributed by atoms with E-state index in [-0.39, 0.29) is 6.03 Å². The van der Waals surface area contributed by atoms with Crippen LogP contribution in [0.25, 0.3) is 0 Å². The molecule has 0 saturated carbocycles. The molecule has 2 rings (SSSR count). The molecule has 98 valence electrons. The number of likely N-dealkylation sites (tertiary alicyclic amines) is 1. The van der Waals surface area contributed by atoms with Gasteiger partial charge >= 0.3 is 12.0 Å². The first kappa shape index (κ1) is 12.4. The molecule has 0 bridgehead atoms. The van der Waals surface area contributed by atoms with Crippen molar-refractivity contribution < 1.29 is 14.7 Å². The number of hydrogen-bond acceptors (Lipinski definition) is 3. The van der Waals surface area contributed by atoms with E-state index < -0.39 is 12.0 Å². The van der Waals surface area contributed by atoms with Crippen LogP contribution in [0.3, 0.4) is 0 Å². The minimum absolute atomic E-state index is 0.330. The lowest BCUT2D eigenvalue weighted by Crippen LogP contribution is -2.45. The Bertz CT molecular complexity index is 457. The number of rotatable bonds is 3. The summed E-state index contributed by atoms with van der Waals surface area (Å²) in [5, 5.41) is 15.7. The first-order chi connectivity index (χ1) is 8.58. The fourth-order valence-corrected chi connectivity index (χ4v) is 2.11. The number of carboxylic acid groups (broad SMARTS) is 1. The van der Waals surface area contributed by atoms with Crippen molar-refractivity contribution in [1.29, 1.82) is 0 Å². The minimum Gasteiger partial charge on any atom is -0.480 e. The summed E-state index contributed by atoms with van der Waals surface area (Å²) in [6.45, 7) is 0.853. The zero-order valence-corrected chi connectivity index (χ0v) is 10.2. The van der Waals surface area contributed by atoms with Gasteiger partial charge in [-0.25, -0.2) is 9.59 Å². The number of aliphatic carboxylic acids is 1. The standard InChI is InChI=1S/C11H16N4O3/c1-14-7-8(6-13-14)5-12-11(18)15-4-2-3-9(15)10(16)17/h6-7,9H,2-5H2,1H3,(H,12,18)(H,16,17). The number of nitrogens with one attached hydrogen (secondary N) is 1. The highest BCUT2D eigenvalue weighted by atomic mass is 16.4. The van der Waals surface area contributed by atoms with Crippen molar-refractivity contribution in [3.05, 3.63) is 18.0 Å². The third kappa shape index (κ3) is 2.61. The molecule has 2 heterocycles. The van der Waals surface area contributed by atoms with E-state index in [1.54, 1.807) is 24.1 Å². The molecule has 1 aliphatic heterocycles. The van der Waals surface area contributed by atoms with Gasteiger partial charge < -0.3 is 15.3 Å². The summed E-state index contributed by atoms with van der Waals surface area (Å²) in [5.41, 5.74) is 0.886. The van der Waals surface area contributed by atoms with Crippen LogP contribution in [-0.4, -0.2) is 44.4 Å². The Balaban J connectivity index is 1.89. The Hall–Kier alpha value is -2.05. The maximum Gasteiger partial charge on any atom is 0.326 e. The Morgan fingerprint density at radius 2 is 2.39 bits per heavy atom. The normalized spacial score (nSPS) is 18.9. The van der Waals surface area contributed by atoms with E-state index in [2.05, 4.69) is 10.4 Å². The molecule has 2 N–H and O–H groups in total. The van der Waals surface area contributed by atoms with Crippen molar-refractivity contribution in [1.82, 2.24) is 20.0 Å². The number of carbonyl (C=O) groups is 2. The zero-order valence-electron chi connectivity index (χ0n) is 10.2. The largest absolute Gasteiger partial charge is 0.480 e. The van der Waals surface area contributed by atoms with E-state index in [4.69, 9.17) is 5.11 Å². The first-order valence-electron chi connectivity index (χ1n) is 5.82. The van der Waals surface area contributed by atoms with Crippen molar-refractivity contribution in [2.24, 2.45) is 7.05 Å². The molecule has 1 atom stereocenters. The van der Waals surface area contributed by atoms with Crippen LogP contribution in [0, 0.1) is 0 Å². The Labute approximate surface area is 104 Å². The second-order valence-corrected chi connectivity index (χ2v) is 4.37. The molecule has 7 nitrogen and oxygen atoms in total. The van der Waals surface area contributed by atoms with Crippen LogP contribution < -0.4 is 5.32 Å². The van der Waals surface area contributed by atoms with Gasteiger partial charge in [-0.3, -0.25) is 4.68 Å². The molecular weight excluding hydrogens is 236 g/mol. The van der Waals surface area contributed by atoms with Gasteiger partial charge in [-0.15, -0.1) is 0 Å². The summed E-state index contributed by atoms with van der Waals surface area (Å²) in [6.07, 6.45) is 4.73. The van der Waals surface area contributed by atoms with Gasteiger partial charge in [0, 0.05) is 31.9 Å². The average molecular weight is 252 g/mol. The highest BCUT2D eigenvalue weighted by Crippen LogP contribution is 2.17. The van der Waals surface area contributed by atoms with Gasteiger partial charge in [0.1, 0.15) is 6.04 Å². The smallest absolute Gasteiger partial charge is 0.326 e. The second kappa shape index (κ2) is 5.07. The topological polar surface area (TPSA) is 87.5 Å². The van der Waals surface area contributed by atoms with Crippen LogP contribution in [0.15, 0.2) is 12.4 Å². The Kier molecular flexibility index (Phi) is 3.50. The summed E-state index contributed by atoms with van der Waals surface area (Å²) < 4.78 is 1.65. The first-order valence-corrected chi connectivity index (χ1v) is 5.82. The van der Waals surface area contributed by atoms with E-state index in [1.165, 1.54) is 4.90 Å². The third-order valence-corrected chi connectivity index (χ3v) is 3.00. The summed E-state index contributed by atoms with van der Waals surface area (Å²) >= 11 is 0. The van der Waals surface area contributed by atoms with Crippen molar-refractivity contribution in [2.75, 3.05) is 6.54 Å². The molecular formula is C11H16N4O3. The van der Waals surface area contributed by atoms with Gasteiger partial charge in [-0.05, 0) is 12.8 Å². The number of aromatic nitrogens is 2. The third-order valence-electron chi connectivity index (χ3n) is 3.00. The molecule has 1 aromatic rings. The monoisotopic (exact) mass is 252 g/mol. The molecule has 1 fully saturated rings. The number of urea groups is 1. The van der Waals surface area contributed by atoms with Crippen LogP contribution in [-0.2, 0) is 18.4 Å². The lowest BCUT2D eigenvalue weighted by molar-refractivity contribution is -0.141. The van der Waals surface area contributed by atoms with Gasteiger partial charge in [0.25, 0.3) is 0 Å². The quantitative estimate of drug-likeness (QED) is 0.803. The van der Waals surface area contributed by atoms with Crippen molar-refractivity contribution >= 4 is 12.0 Å². The highest BCUT2D eigenvalue weighted by molar-refractivity contribution is 5.83. The molecule has 1 aliphatic rings. The highest BCUT2D eigenvalue weighted by Gasteiger charge is 2.33. The van der Waals surface area contributed by atoms with Gasteiger partial charge in [0.2, 0.25) is 0 Å². The summed E-state index contributed by atoms with van der Waals surface area (Å²) in [5.74, 6) is -0.941. The number of aryl methyl sites for hydroxylation is 1. The Morgan fingerprint density at radius 1 is 1.61 bits per heavy atom. The SMILES string of the molecule is Cn1cc(CNC(=O)N2CCCC2C(=O)O)cn1. The molecule has 18 heavy (non-hydrogen) atoms. The molecule has 0 aromatic carbocycles. The number of carbonyl (C=O) groups excluding carboxylic acids is 1. The molecule has 1 saturated heterocycles. The molecule has 1 aromatic heterocycles. The molecule has 7 heteroatoms. The van der Waals surface area contributed by atoms with Crippen molar-refractivity contribution in [3.8, 4) is 0 Å². The van der Waals surface area contributed by atoms with E-state index in [1.807, 2.05) is 0 Å². The lowest BCUT2D eigenvalue weighted by atomic mass is 10.2. The van der Waals surface area contributed by atoms with E-state index in [0.717, 1.165) is 12.0 Å². The summed E-state index contributed by atoms with van der Waals surface area (Å²) in [6, 6.07) is -1.03. The van der Waals surface area contributed by atoms with Gasteiger partial charge in [-0.2, -0.15) is 5.10 Å². The molecule has 0 aliphatic carbocycles. The number of amides is 2. The minimum atomic E-state index is -0.941. The van der Waals surface area contributed by atoms with E-state index >= 15 is 0 Å². The zero-order chi connectivity index (χ0) is 13.1. The molecule has 2 amide bonds. The Morgan fingerprint density at radius 3 is 3.00 bits per heavy atom. The van der Waals surface area contributed by atoms with Gasteiger partial charge in [-0.1, -0.05) is 0 Å². The number of carboxylic acids is 1. The fraction of sp³-hybridized carbons (Fsp3) is 0.545. The van der Waals surface area contributed by atoms with Crippen LogP contribution >= 0.6 is 0 Å². The molecule has 0 spiro atoms. The second-order valence-electron chi connectivity index (χ2n) is 4.37. The van der Waals surface area contributed by atoms with E-state index in [0.29, 0.717) is 19.5 Å². The molecule has 1 unspecified atom stereocenters. The maximum absolute atomic E-state index is 11.9.